The highest BCUT2D eigenvalue weighted by Crippen LogP contribution is 2.29. The minimum atomic E-state index is 0.130. The van der Waals surface area contributed by atoms with Crippen LogP contribution in [0.15, 0.2) is 30.3 Å². The first-order valence-corrected chi connectivity index (χ1v) is 6.09. The van der Waals surface area contributed by atoms with Crippen LogP contribution in [-0.2, 0) is 4.74 Å². The molecule has 1 saturated heterocycles. The molecule has 1 N–H and O–H groups in total. The van der Waals surface area contributed by atoms with Gasteiger partial charge in [-0.15, -0.1) is 0 Å². The molecule has 1 aliphatic heterocycles. The standard InChI is InChI=1S/C14H21NO/c1-4-14(3)10-16-13(11(2)15-14)12-8-6-5-7-9-12/h5-9,11,13,15H,4,10H2,1-3H3. The second-order valence-corrected chi connectivity index (χ2v) is 4.99. The molecule has 3 atom stereocenters. The van der Waals surface area contributed by atoms with Gasteiger partial charge in [-0.05, 0) is 25.8 Å². The zero-order chi connectivity index (χ0) is 11.6. The number of hydrogen-bond acceptors (Lipinski definition) is 2. The van der Waals surface area contributed by atoms with E-state index < -0.39 is 0 Å². The summed E-state index contributed by atoms with van der Waals surface area (Å²) in [6.07, 6.45) is 1.28. The summed E-state index contributed by atoms with van der Waals surface area (Å²) < 4.78 is 6.02. The van der Waals surface area contributed by atoms with Crippen LogP contribution in [0.5, 0.6) is 0 Å². The lowest BCUT2D eigenvalue weighted by Crippen LogP contribution is -2.56. The summed E-state index contributed by atoms with van der Waals surface area (Å²) in [5.41, 5.74) is 1.39. The van der Waals surface area contributed by atoms with Gasteiger partial charge >= 0.3 is 0 Å². The van der Waals surface area contributed by atoms with Crippen molar-refractivity contribution >= 4 is 0 Å². The van der Waals surface area contributed by atoms with Crippen LogP contribution >= 0.6 is 0 Å². The molecule has 3 unspecified atom stereocenters. The van der Waals surface area contributed by atoms with Gasteiger partial charge < -0.3 is 10.1 Å². The predicted molar refractivity (Wildman–Crippen MR) is 66.4 cm³/mol. The Morgan fingerprint density at radius 2 is 2.06 bits per heavy atom. The van der Waals surface area contributed by atoms with Crippen molar-refractivity contribution in [3.63, 3.8) is 0 Å². The van der Waals surface area contributed by atoms with Gasteiger partial charge in [-0.25, -0.2) is 0 Å². The summed E-state index contributed by atoms with van der Waals surface area (Å²) >= 11 is 0. The Hall–Kier alpha value is -0.860. The van der Waals surface area contributed by atoms with Crippen LogP contribution in [0.25, 0.3) is 0 Å². The highest BCUT2D eigenvalue weighted by atomic mass is 16.5. The average molecular weight is 219 g/mol. The molecule has 0 radical (unpaired) electrons. The summed E-state index contributed by atoms with van der Waals surface area (Å²) in [4.78, 5) is 0. The lowest BCUT2D eigenvalue weighted by atomic mass is 9.92. The molecule has 0 aliphatic carbocycles. The molecule has 0 saturated carbocycles. The molecule has 2 heteroatoms. The summed E-state index contributed by atoms with van der Waals surface area (Å²) in [6.45, 7) is 7.41. The number of hydrogen-bond donors (Lipinski definition) is 1. The van der Waals surface area contributed by atoms with E-state index in [1.807, 2.05) is 6.07 Å². The third-order valence-corrected chi connectivity index (χ3v) is 3.52. The van der Waals surface area contributed by atoms with E-state index in [9.17, 15) is 0 Å². The predicted octanol–water partition coefficient (Wildman–Crippen LogP) is 2.90. The van der Waals surface area contributed by atoms with Gasteiger partial charge in [-0.2, -0.15) is 0 Å². The van der Waals surface area contributed by atoms with E-state index >= 15 is 0 Å². The van der Waals surface area contributed by atoms with Gasteiger partial charge in [0.15, 0.2) is 0 Å². The molecular formula is C14H21NO. The molecular weight excluding hydrogens is 198 g/mol. The lowest BCUT2D eigenvalue weighted by molar-refractivity contribution is -0.0561. The molecule has 2 nitrogen and oxygen atoms in total. The first-order valence-electron chi connectivity index (χ1n) is 6.09. The first-order chi connectivity index (χ1) is 7.64. The molecule has 1 heterocycles. The van der Waals surface area contributed by atoms with E-state index in [0.717, 1.165) is 13.0 Å². The molecule has 1 fully saturated rings. The van der Waals surface area contributed by atoms with E-state index in [0.29, 0.717) is 6.04 Å². The maximum Gasteiger partial charge on any atom is 0.0976 e. The first kappa shape index (κ1) is 11.6. The third-order valence-electron chi connectivity index (χ3n) is 3.52. The molecule has 0 spiro atoms. The molecule has 0 aromatic heterocycles. The quantitative estimate of drug-likeness (QED) is 0.825. The van der Waals surface area contributed by atoms with Crippen molar-refractivity contribution in [2.45, 2.75) is 44.9 Å². The molecule has 1 aromatic rings. The second-order valence-electron chi connectivity index (χ2n) is 4.99. The van der Waals surface area contributed by atoms with Crippen LogP contribution in [0.3, 0.4) is 0 Å². The van der Waals surface area contributed by atoms with Crippen molar-refractivity contribution in [3.05, 3.63) is 35.9 Å². The Bertz CT molecular complexity index is 338. The molecule has 2 rings (SSSR count). The fourth-order valence-corrected chi connectivity index (χ4v) is 2.32. The zero-order valence-electron chi connectivity index (χ0n) is 10.4. The minimum absolute atomic E-state index is 0.130. The Morgan fingerprint density at radius 3 is 2.62 bits per heavy atom. The van der Waals surface area contributed by atoms with Crippen molar-refractivity contribution in [2.75, 3.05) is 6.61 Å². The van der Waals surface area contributed by atoms with Crippen molar-refractivity contribution in [1.82, 2.24) is 5.32 Å². The van der Waals surface area contributed by atoms with Gasteiger partial charge in [0, 0.05) is 11.6 Å². The van der Waals surface area contributed by atoms with Gasteiger partial charge in [-0.3, -0.25) is 0 Å². The zero-order valence-corrected chi connectivity index (χ0v) is 10.4. The smallest absolute Gasteiger partial charge is 0.0976 e. The van der Waals surface area contributed by atoms with Gasteiger partial charge in [-0.1, -0.05) is 37.3 Å². The van der Waals surface area contributed by atoms with Crippen molar-refractivity contribution in [3.8, 4) is 0 Å². The lowest BCUT2D eigenvalue weighted by Gasteiger charge is -2.42. The Balaban J connectivity index is 2.11. The maximum atomic E-state index is 6.02. The number of benzene rings is 1. The number of rotatable bonds is 2. The van der Waals surface area contributed by atoms with E-state index in [1.54, 1.807) is 0 Å². The topological polar surface area (TPSA) is 21.3 Å². The van der Waals surface area contributed by atoms with Gasteiger partial charge in [0.25, 0.3) is 0 Å². The van der Waals surface area contributed by atoms with Gasteiger partial charge in [0.1, 0.15) is 0 Å². The Labute approximate surface area is 98.0 Å². The van der Waals surface area contributed by atoms with Gasteiger partial charge in [0.05, 0.1) is 12.7 Å². The monoisotopic (exact) mass is 219 g/mol. The Morgan fingerprint density at radius 1 is 1.38 bits per heavy atom. The highest BCUT2D eigenvalue weighted by Gasteiger charge is 2.34. The molecule has 16 heavy (non-hydrogen) atoms. The van der Waals surface area contributed by atoms with Crippen molar-refractivity contribution in [1.29, 1.82) is 0 Å². The van der Waals surface area contributed by atoms with Crippen molar-refractivity contribution in [2.24, 2.45) is 0 Å². The molecule has 1 aromatic carbocycles. The van der Waals surface area contributed by atoms with Crippen molar-refractivity contribution < 1.29 is 4.74 Å². The summed E-state index contributed by atoms with van der Waals surface area (Å²) in [6, 6.07) is 10.8. The van der Waals surface area contributed by atoms with E-state index in [4.69, 9.17) is 4.74 Å². The highest BCUT2D eigenvalue weighted by molar-refractivity contribution is 5.20. The average Bonchev–Trinajstić information content (AvgIpc) is 2.30. The number of morpholine rings is 1. The fraction of sp³-hybridized carbons (Fsp3) is 0.571. The van der Waals surface area contributed by atoms with E-state index in [-0.39, 0.29) is 11.6 Å². The fourth-order valence-electron chi connectivity index (χ4n) is 2.32. The third kappa shape index (κ3) is 2.28. The maximum absolute atomic E-state index is 6.02. The Kier molecular flexibility index (Phi) is 3.31. The number of nitrogens with one attached hydrogen (secondary N) is 1. The molecule has 88 valence electrons. The normalized spacial score (nSPS) is 34.9. The minimum Gasteiger partial charge on any atom is -0.370 e. The van der Waals surface area contributed by atoms with Crippen LogP contribution in [-0.4, -0.2) is 18.2 Å². The van der Waals surface area contributed by atoms with Crippen LogP contribution in [0.4, 0.5) is 0 Å². The number of ether oxygens (including phenoxy) is 1. The summed E-state index contributed by atoms with van der Waals surface area (Å²) in [7, 11) is 0. The van der Waals surface area contributed by atoms with E-state index in [1.165, 1.54) is 5.56 Å². The van der Waals surface area contributed by atoms with Gasteiger partial charge in [0.2, 0.25) is 0 Å². The largest absolute Gasteiger partial charge is 0.370 e. The SMILES string of the molecule is CCC1(C)COC(c2ccccc2)C(C)N1. The van der Waals surface area contributed by atoms with Crippen LogP contribution in [0.2, 0.25) is 0 Å². The summed E-state index contributed by atoms with van der Waals surface area (Å²) in [5, 5.41) is 3.67. The molecule has 0 bridgehead atoms. The molecule has 0 amide bonds. The van der Waals surface area contributed by atoms with Crippen LogP contribution in [0.1, 0.15) is 38.9 Å². The van der Waals surface area contributed by atoms with E-state index in [2.05, 4.69) is 50.4 Å². The van der Waals surface area contributed by atoms with Crippen LogP contribution in [0, 0.1) is 0 Å². The second kappa shape index (κ2) is 4.56. The van der Waals surface area contributed by atoms with Crippen LogP contribution < -0.4 is 5.32 Å². The molecule has 1 aliphatic rings. The summed E-state index contributed by atoms with van der Waals surface area (Å²) in [5.74, 6) is 0.